The number of ether oxygens (including phenoxy) is 1. The number of hydrogen-bond donors (Lipinski definition) is 1. The highest BCUT2D eigenvalue weighted by molar-refractivity contribution is 5.85. The lowest BCUT2D eigenvalue weighted by molar-refractivity contribution is -0.922. The first kappa shape index (κ1) is 20.8. The van der Waals surface area contributed by atoms with Gasteiger partial charge in [-0.25, -0.2) is 4.79 Å². The first-order chi connectivity index (χ1) is 13.1. The lowest BCUT2D eigenvalue weighted by atomic mass is 9.86. The number of esters is 1. The molecule has 1 atom stereocenters. The molecule has 4 rings (SSSR count). The van der Waals surface area contributed by atoms with E-state index < -0.39 is 11.6 Å². The Morgan fingerprint density at radius 3 is 1.96 bits per heavy atom. The molecule has 5 heteroatoms. The third kappa shape index (κ3) is 3.95. The van der Waals surface area contributed by atoms with Gasteiger partial charge in [-0.15, -0.1) is 0 Å². The summed E-state index contributed by atoms with van der Waals surface area (Å²) in [6.45, 7) is 4.34. The van der Waals surface area contributed by atoms with Gasteiger partial charge in [-0.2, -0.15) is 0 Å². The van der Waals surface area contributed by atoms with Crippen LogP contribution in [0.1, 0.15) is 36.8 Å². The van der Waals surface area contributed by atoms with Gasteiger partial charge in [0.1, 0.15) is 6.54 Å². The molecule has 0 saturated carbocycles. The standard InChI is InChI=1S/C23H28NO3.ClH/c25-22(27-21-14-17-24(18-21)15-8-3-9-16-24)23(26,19-10-4-1-5-11-19)20-12-6-2-7-13-20;/h1-2,4-7,10-13,21,26H,3,8-9,14-18H2;1H/q+1;/p-1. The second-order valence-electron chi connectivity index (χ2n) is 8.01. The number of hydrogen-bond acceptors (Lipinski definition) is 3. The summed E-state index contributed by atoms with van der Waals surface area (Å²) in [7, 11) is 0. The Bertz CT molecular complexity index is 735. The van der Waals surface area contributed by atoms with Crippen molar-refractivity contribution in [2.75, 3.05) is 26.2 Å². The molecule has 0 aliphatic carbocycles. The van der Waals surface area contributed by atoms with Crippen molar-refractivity contribution in [3.63, 3.8) is 0 Å². The number of benzene rings is 2. The van der Waals surface area contributed by atoms with Crippen LogP contribution >= 0.6 is 0 Å². The van der Waals surface area contributed by atoms with E-state index in [-0.39, 0.29) is 18.5 Å². The van der Waals surface area contributed by atoms with Gasteiger partial charge in [-0.05, 0) is 30.4 Å². The van der Waals surface area contributed by atoms with Gasteiger partial charge in [-0.1, -0.05) is 60.7 Å². The van der Waals surface area contributed by atoms with Gasteiger partial charge in [0, 0.05) is 6.42 Å². The minimum Gasteiger partial charge on any atom is -1.00 e. The fourth-order valence-corrected chi connectivity index (χ4v) is 4.72. The molecule has 1 spiro atoms. The lowest BCUT2D eigenvalue weighted by Gasteiger charge is -2.37. The molecule has 0 radical (unpaired) electrons. The minimum absolute atomic E-state index is 0. The fraction of sp³-hybridized carbons (Fsp3) is 0.435. The Hall–Kier alpha value is -1.88. The van der Waals surface area contributed by atoms with Crippen molar-refractivity contribution in [2.45, 2.75) is 37.4 Å². The molecular weight excluding hydrogens is 374 g/mol. The van der Waals surface area contributed by atoms with Crippen LogP contribution in [-0.2, 0) is 15.1 Å². The van der Waals surface area contributed by atoms with Gasteiger partial charge < -0.3 is 26.7 Å². The monoisotopic (exact) mass is 401 g/mol. The van der Waals surface area contributed by atoms with Crippen molar-refractivity contribution >= 4 is 5.97 Å². The molecule has 1 unspecified atom stereocenters. The van der Waals surface area contributed by atoms with Gasteiger partial charge in [-0.3, -0.25) is 0 Å². The zero-order valence-corrected chi connectivity index (χ0v) is 16.9. The zero-order valence-electron chi connectivity index (χ0n) is 16.1. The first-order valence-corrected chi connectivity index (χ1v) is 10.0. The molecule has 2 saturated heterocycles. The molecule has 0 bridgehead atoms. The lowest BCUT2D eigenvalue weighted by Crippen LogP contribution is -3.00. The van der Waals surface area contributed by atoms with E-state index in [2.05, 4.69) is 0 Å². The number of quaternary nitrogens is 1. The highest BCUT2D eigenvalue weighted by Gasteiger charge is 2.46. The average Bonchev–Trinajstić information content (AvgIpc) is 3.10. The number of aliphatic hydroxyl groups is 1. The molecule has 150 valence electrons. The van der Waals surface area contributed by atoms with E-state index in [1.165, 1.54) is 32.4 Å². The maximum atomic E-state index is 13.2. The van der Waals surface area contributed by atoms with E-state index in [0.717, 1.165) is 24.0 Å². The number of rotatable bonds is 4. The van der Waals surface area contributed by atoms with Crippen LogP contribution in [0.5, 0.6) is 0 Å². The molecule has 2 aliphatic heterocycles. The van der Waals surface area contributed by atoms with Gasteiger partial charge in [0.15, 0.2) is 6.10 Å². The van der Waals surface area contributed by atoms with E-state index in [9.17, 15) is 9.90 Å². The Kier molecular flexibility index (Phi) is 6.43. The van der Waals surface area contributed by atoms with Crippen LogP contribution in [0.15, 0.2) is 60.7 Å². The molecule has 2 heterocycles. The molecule has 0 amide bonds. The van der Waals surface area contributed by atoms with E-state index in [1.54, 1.807) is 24.3 Å². The van der Waals surface area contributed by atoms with Crippen molar-refractivity contribution in [1.82, 2.24) is 0 Å². The van der Waals surface area contributed by atoms with Crippen molar-refractivity contribution in [3.05, 3.63) is 71.8 Å². The Labute approximate surface area is 173 Å². The molecule has 4 nitrogen and oxygen atoms in total. The largest absolute Gasteiger partial charge is 1.00 e. The summed E-state index contributed by atoms with van der Waals surface area (Å²) in [6.07, 6.45) is 4.60. The summed E-state index contributed by atoms with van der Waals surface area (Å²) < 4.78 is 6.98. The van der Waals surface area contributed by atoms with E-state index in [1.807, 2.05) is 36.4 Å². The summed E-state index contributed by atoms with van der Waals surface area (Å²) in [6, 6.07) is 18.2. The predicted octanol–water partition coefficient (Wildman–Crippen LogP) is 0.243. The fourth-order valence-electron chi connectivity index (χ4n) is 4.72. The average molecular weight is 402 g/mol. The quantitative estimate of drug-likeness (QED) is 0.590. The topological polar surface area (TPSA) is 46.5 Å². The van der Waals surface area contributed by atoms with Crippen molar-refractivity contribution in [2.24, 2.45) is 0 Å². The van der Waals surface area contributed by atoms with Crippen LogP contribution in [0.25, 0.3) is 0 Å². The van der Waals surface area contributed by atoms with Crippen molar-refractivity contribution < 1.29 is 31.5 Å². The summed E-state index contributed by atoms with van der Waals surface area (Å²) in [5.41, 5.74) is -0.695. The van der Waals surface area contributed by atoms with Crippen molar-refractivity contribution in [3.8, 4) is 0 Å². The molecule has 0 aromatic heterocycles. The van der Waals surface area contributed by atoms with Crippen LogP contribution < -0.4 is 12.4 Å². The van der Waals surface area contributed by atoms with Crippen molar-refractivity contribution in [1.29, 1.82) is 0 Å². The van der Waals surface area contributed by atoms with Crippen LogP contribution in [0.4, 0.5) is 0 Å². The Morgan fingerprint density at radius 1 is 0.893 bits per heavy atom. The molecule has 2 fully saturated rings. The van der Waals surface area contributed by atoms with Gasteiger partial charge in [0.25, 0.3) is 0 Å². The number of piperidine rings is 1. The zero-order chi connectivity index (χ0) is 18.7. The summed E-state index contributed by atoms with van der Waals surface area (Å²) in [5, 5.41) is 11.5. The Balaban J connectivity index is 0.00000225. The molecule has 28 heavy (non-hydrogen) atoms. The number of nitrogens with zero attached hydrogens (tertiary/aromatic N) is 1. The third-order valence-electron chi connectivity index (χ3n) is 6.23. The second kappa shape index (κ2) is 8.64. The van der Waals surface area contributed by atoms with Crippen LogP contribution in [0.2, 0.25) is 0 Å². The molecule has 2 aliphatic rings. The number of carbonyl (C=O) groups excluding carboxylic acids is 1. The maximum absolute atomic E-state index is 13.2. The van der Waals surface area contributed by atoms with Crippen LogP contribution in [-0.4, -0.2) is 47.8 Å². The van der Waals surface area contributed by atoms with E-state index in [0.29, 0.717) is 11.1 Å². The van der Waals surface area contributed by atoms with Crippen LogP contribution in [0.3, 0.4) is 0 Å². The van der Waals surface area contributed by atoms with Gasteiger partial charge in [0.2, 0.25) is 5.60 Å². The highest BCUT2D eigenvalue weighted by atomic mass is 35.5. The molecule has 2 aromatic rings. The Morgan fingerprint density at radius 2 is 1.43 bits per heavy atom. The number of carbonyl (C=O) groups is 1. The van der Waals surface area contributed by atoms with Gasteiger partial charge in [0.05, 0.1) is 19.6 Å². The van der Waals surface area contributed by atoms with E-state index >= 15 is 0 Å². The molecule has 1 N–H and O–H groups in total. The SMILES string of the molecule is O=C(OC1CC[N+]2(CCCCC2)C1)C(O)(c1ccccc1)c1ccccc1.[Cl-]. The summed E-state index contributed by atoms with van der Waals surface area (Å²) in [4.78, 5) is 13.2. The van der Waals surface area contributed by atoms with Crippen LogP contribution in [0, 0.1) is 0 Å². The molecular formula is C23H28ClNO3. The first-order valence-electron chi connectivity index (χ1n) is 10.0. The smallest absolute Gasteiger partial charge is 0.348 e. The highest BCUT2D eigenvalue weighted by Crippen LogP contribution is 2.33. The minimum atomic E-state index is -1.78. The normalized spacial score (nSPS) is 21.1. The number of halogens is 1. The second-order valence-corrected chi connectivity index (χ2v) is 8.01. The third-order valence-corrected chi connectivity index (χ3v) is 6.23. The van der Waals surface area contributed by atoms with E-state index in [4.69, 9.17) is 4.74 Å². The molecule has 2 aromatic carbocycles. The summed E-state index contributed by atoms with van der Waals surface area (Å²) in [5.74, 6) is -0.568. The summed E-state index contributed by atoms with van der Waals surface area (Å²) >= 11 is 0. The predicted molar refractivity (Wildman–Crippen MR) is 104 cm³/mol. The van der Waals surface area contributed by atoms with Gasteiger partial charge >= 0.3 is 5.97 Å². The maximum Gasteiger partial charge on any atom is 0.348 e.